The molecule has 3 aromatic heterocycles. The van der Waals surface area contributed by atoms with Crippen LogP contribution >= 0.6 is 11.3 Å². The highest BCUT2D eigenvalue weighted by molar-refractivity contribution is 7.21. The van der Waals surface area contributed by atoms with Crippen molar-refractivity contribution in [3.63, 3.8) is 0 Å². The Morgan fingerprint density at radius 2 is 2.03 bits per heavy atom. The largest absolute Gasteiger partial charge is 0.465 e. The van der Waals surface area contributed by atoms with Crippen molar-refractivity contribution in [2.75, 3.05) is 19.5 Å². The number of fused-ring (bicyclic) bond motifs is 1. The first-order valence-corrected chi connectivity index (χ1v) is 11.7. The minimum Gasteiger partial charge on any atom is -0.465 e. The van der Waals surface area contributed by atoms with Crippen molar-refractivity contribution in [2.24, 2.45) is 7.05 Å². The number of thiophene rings is 1. The third-order valence-corrected chi connectivity index (χ3v) is 7.15. The molecule has 1 N–H and O–H groups in total. The van der Waals surface area contributed by atoms with Gasteiger partial charge in [0.2, 0.25) is 0 Å². The number of methoxy groups -OCH3 is 1. The molecule has 170 valence electrons. The molecule has 3 aromatic rings. The first-order chi connectivity index (χ1) is 15.4. The van der Waals surface area contributed by atoms with Crippen LogP contribution in [-0.2, 0) is 18.3 Å². The van der Waals surface area contributed by atoms with Crippen molar-refractivity contribution < 1.29 is 14.3 Å². The number of esters is 1. The highest BCUT2D eigenvalue weighted by Gasteiger charge is 2.24. The van der Waals surface area contributed by atoms with Crippen molar-refractivity contribution >= 4 is 39.1 Å². The molecule has 1 saturated carbocycles. The summed E-state index contributed by atoms with van der Waals surface area (Å²) in [6.07, 6.45) is 6.36. The Morgan fingerprint density at radius 3 is 2.69 bits per heavy atom. The second-order valence-corrected chi connectivity index (χ2v) is 9.41. The van der Waals surface area contributed by atoms with Crippen LogP contribution in [0.1, 0.15) is 63.7 Å². The number of pyridine rings is 1. The van der Waals surface area contributed by atoms with Crippen LogP contribution in [0.5, 0.6) is 0 Å². The number of carbonyl (C=O) groups is 2. The Morgan fingerprint density at radius 1 is 1.28 bits per heavy atom. The van der Waals surface area contributed by atoms with E-state index in [4.69, 9.17) is 9.72 Å². The van der Waals surface area contributed by atoms with E-state index in [0.717, 1.165) is 23.3 Å². The molecule has 0 aromatic carbocycles. The summed E-state index contributed by atoms with van der Waals surface area (Å²) in [5, 5.41) is 7.84. The van der Waals surface area contributed by atoms with E-state index in [0.29, 0.717) is 27.1 Å². The predicted molar refractivity (Wildman–Crippen MR) is 125 cm³/mol. The highest BCUT2D eigenvalue weighted by Crippen LogP contribution is 2.36. The van der Waals surface area contributed by atoms with E-state index in [2.05, 4.69) is 22.4 Å². The van der Waals surface area contributed by atoms with Crippen LogP contribution in [0.4, 0.5) is 5.69 Å². The molecule has 0 saturated heterocycles. The summed E-state index contributed by atoms with van der Waals surface area (Å²) >= 11 is 1.24. The van der Waals surface area contributed by atoms with Gasteiger partial charge in [-0.25, -0.2) is 9.78 Å². The number of hydrogen-bond acceptors (Lipinski definition) is 7. The predicted octanol–water partition coefficient (Wildman–Crippen LogP) is 4.14. The fourth-order valence-electron chi connectivity index (χ4n) is 4.37. The topological polar surface area (TPSA) is 89.3 Å². The Balaban J connectivity index is 1.63. The average molecular weight is 456 g/mol. The number of nitrogens with zero attached hydrogens (tertiary/aromatic N) is 4. The number of aryl methyl sites for hydroxylation is 2. The number of rotatable bonds is 6. The van der Waals surface area contributed by atoms with Gasteiger partial charge in [0.05, 0.1) is 24.2 Å². The average Bonchev–Trinajstić information content (AvgIpc) is 3.32. The van der Waals surface area contributed by atoms with Gasteiger partial charge in [0.25, 0.3) is 5.91 Å². The first-order valence-electron chi connectivity index (χ1n) is 10.9. The lowest BCUT2D eigenvalue weighted by Gasteiger charge is -2.30. The molecule has 9 heteroatoms. The smallest absolute Gasteiger partial charge is 0.350 e. The molecule has 4 rings (SSSR count). The third-order valence-electron chi connectivity index (χ3n) is 6.07. The van der Waals surface area contributed by atoms with Crippen molar-refractivity contribution in [1.82, 2.24) is 19.7 Å². The maximum atomic E-state index is 12.9. The quantitative estimate of drug-likeness (QED) is 0.562. The van der Waals surface area contributed by atoms with Gasteiger partial charge in [-0.05, 0) is 45.0 Å². The maximum Gasteiger partial charge on any atom is 0.350 e. The molecule has 1 fully saturated rings. The van der Waals surface area contributed by atoms with Gasteiger partial charge in [-0.15, -0.1) is 11.3 Å². The summed E-state index contributed by atoms with van der Waals surface area (Å²) in [5.41, 5.74) is 2.54. The van der Waals surface area contributed by atoms with Crippen molar-refractivity contribution in [3.8, 4) is 0 Å². The van der Waals surface area contributed by atoms with Crippen molar-refractivity contribution in [1.29, 1.82) is 0 Å². The standard InChI is InChI=1S/C23H29N5O3S/c1-14-12-18(28(3)26-14)21(29)25-19-17-11-10-15(13-27(2)16-8-6-5-7-9-16)24-22(17)32-20(19)23(30)31-4/h10-12,16H,5-9,13H2,1-4H3,(H,25,29). The maximum absolute atomic E-state index is 12.9. The lowest BCUT2D eigenvalue weighted by molar-refractivity contribution is 0.0607. The Bertz CT molecular complexity index is 1150. The van der Waals surface area contributed by atoms with Crippen LogP contribution in [0.25, 0.3) is 10.2 Å². The summed E-state index contributed by atoms with van der Waals surface area (Å²) in [4.78, 5) is 33.6. The van der Waals surface area contributed by atoms with Gasteiger partial charge in [0, 0.05) is 25.0 Å². The SMILES string of the molecule is COC(=O)c1sc2nc(CN(C)C3CCCCC3)ccc2c1NC(=O)c1cc(C)nn1C. The highest BCUT2D eigenvalue weighted by atomic mass is 32.1. The summed E-state index contributed by atoms with van der Waals surface area (Å²) in [6.45, 7) is 2.58. The van der Waals surface area contributed by atoms with E-state index in [1.807, 2.05) is 19.1 Å². The van der Waals surface area contributed by atoms with E-state index >= 15 is 0 Å². The van der Waals surface area contributed by atoms with Crippen LogP contribution in [0.15, 0.2) is 18.2 Å². The molecule has 3 heterocycles. The molecule has 0 bridgehead atoms. The summed E-state index contributed by atoms with van der Waals surface area (Å²) in [7, 11) is 5.20. The fourth-order valence-corrected chi connectivity index (χ4v) is 5.44. The van der Waals surface area contributed by atoms with Crippen LogP contribution in [0, 0.1) is 6.92 Å². The molecule has 1 aliphatic rings. The number of aromatic nitrogens is 3. The van der Waals surface area contributed by atoms with Gasteiger partial charge < -0.3 is 10.1 Å². The van der Waals surface area contributed by atoms with Crippen LogP contribution in [0.3, 0.4) is 0 Å². The van der Waals surface area contributed by atoms with Gasteiger partial charge in [-0.3, -0.25) is 14.4 Å². The molecule has 0 aliphatic heterocycles. The second kappa shape index (κ2) is 9.38. The molecule has 0 radical (unpaired) electrons. The molecule has 1 aliphatic carbocycles. The third kappa shape index (κ3) is 4.54. The van der Waals surface area contributed by atoms with Crippen molar-refractivity contribution in [2.45, 2.75) is 51.6 Å². The number of carbonyl (C=O) groups excluding carboxylic acids is 2. The van der Waals surface area contributed by atoms with Gasteiger partial charge in [0.15, 0.2) is 0 Å². The minimum absolute atomic E-state index is 0.333. The zero-order valence-corrected chi connectivity index (χ0v) is 19.8. The van der Waals surface area contributed by atoms with E-state index in [-0.39, 0.29) is 5.91 Å². The number of ether oxygens (including phenoxy) is 1. The second-order valence-electron chi connectivity index (χ2n) is 8.41. The van der Waals surface area contributed by atoms with E-state index in [9.17, 15) is 9.59 Å². The van der Waals surface area contributed by atoms with E-state index in [1.165, 1.54) is 55.2 Å². The molecule has 8 nitrogen and oxygen atoms in total. The van der Waals surface area contributed by atoms with Crippen LogP contribution in [0.2, 0.25) is 0 Å². The van der Waals surface area contributed by atoms with Gasteiger partial charge in [-0.1, -0.05) is 19.3 Å². The molecule has 0 atom stereocenters. The lowest BCUT2D eigenvalue weighted by Crippen LogP contribution is -2.33. The summed E-state index contributed by atoms with van der Waals surface area (Å²) in [6, 6.07) is 6.20. The van der Waals surface area contributed by atoms with Gasteiger partial charge in [0.1, 0.15) is 15.4 Å². The summed E-state index contributed by atoms with van der Waals surface area (Å²) < 4.78 is 6.48. The van der Waals surface area contributed by atoms with E-state index in [1.54, 1.807) is 13.1 Å². The Kier molecular flexibility index (Phi) is 6.57. The molecule has 1 amide bonds. The Labute approximate surface area is 191 Å². The molecular formula is C23H29N5O3S. The zero-order valence-electron chi connectivity index (χ0n) is 19.0. The number of anilines is 1. The lowest BCUT2D eigenvalue weighted by atomic mass is 9.94. The number of amides is 1. The van der Waals surface area contributed by atoms with E-state index < -0.39 is 5.97 Å². The minimum atomic E-state index is -0.495. The van der Waals surface area contributed by atoms with Gasteiger partial charge >= 0.3 is 5.97 Å². The van der Waals surface area contributed by atoms with Crippen molar-refractivity contribution in [3.05, 3.63) is 40.2 Å². The van der Waals surface area contributed by atoms with Gasteiger partial charge in [-0.2, -0.15) is 5.10 Å². The zero-order chi connectivity index (χ0) is 22.8. The Hall–Kier alpha value is -2.78. The molecule has 0 spiro atoms. The number of hydrogen-bond donors (Lipinski definition) is 1. The monoisotopic (exact) mass is 455 g/mol. The van der Waals surface area contributed by atoms with Crippen LogP contribution in [-0.4, -0.2) is 51.7 Å². The number of nitrogens with one attached hydrogen (secondary N) is 1. The summed E-state index contributed by atoms with van der Waals surface area (Å²) in [5.74, 6) is -0.829. The molecule has 32 heavy (non-hydrogen) atoms. The molecular weight excluding hydrogens is 426 g/mol. The molecule has 0 unspecified atom stereocenters. The normalized spacial score (nSPS) is 14.8. The van der Waals surface area contributed by atoms with Crippen LogP contribution < -0.4 is 5.32 Å². The first kappa shape index (κ1) is 22.4. The fraction of sp³-hybridized carbons (Fsp3) is 0.478.